The van der Waals surface area contributed by atoms with Gasteiger partial charge in [0.2, 0.25) is 5.91 Å². The zero-order valence-electron chi connectivity index (χ0n) is 8.92. The molecule has 1 heterocycles. The second kappa shape index (κ2) is 4.25. The lowest BCUT2D eigenvalue weighted by Gasteiger charge is -2.19. The third kappa shape index (κ3) is 2.41. The van der Waals surface area contributed by atoms with Crippen LogP contribution in [0.4, 0.5) is 5.69 Å². The van der Waals surface area contributed by atoms with Crippen LogP contribution in [0.3, 0.4) is 0 Å². The fourth-order valence-corrected chi connectivity index (χ4v) is 1.81. The molecule has 1 unspecified atom stereocenters. The van der Waals surface area contributed by atoms with Gasteiger partial charge >= 0.3 is 0 Å². The molecule has 0 saturated heterocycles. The van der Waals surface area contributed by atoms with Crippen LogP contribution in [0.15, 0.2) is 36.2 Å². The van der Waals surface area contributed by atoms with Gasteiger partial charge in [0.1, 0.15) is 0 Å². The Morgan fingerprint density at radius 1 is 1.47 bits per heavy atom. The number of nitrogens with two attached hydrogens (primary N) is 1. The van der Waals surface area contributed by atoms with E-state index in [-0.39, 0.29) is 29.8 Å². The van der Waals surface area contributed by atoms with Crippen molar-refractivity contribution >= 4 is 11.6 Å². The van der Waals surface area contributed by atoms with Crippen LogP contribution in [0.5, 0.6) is 0 Å². The lowest BCUT2D eigenvalue weighted by Crippen LogP contribution is -2.32. The van der Waals surface area contributed by atoms with Crippen LogP contribution < -0.4 is 11.1 Å². The van der Waals surface area contributed by atoms with Crippen LogP contribution in [-0.2, 0) is 4.79 Å². The molecule has 0 saturated carbocycles. The van der Waals surface area contributed by atoms with E-state index in [0.717, 1.165) is 5.56 Å². The van der Waals surface area contributed by atoms with Crippen molar-refractivity contribution in [3.63, 3.8) is 0 Å². The number of hydrogen-bond donors (Lipinski definition) is 2. The number of nitrogens with one attached hydrogen (secondary N) is 1. The van der Waals surface area contributed by atoms with Crippen molar-refractivity contribution in [3.8, 4) is 0 Å². The van der Waals surface area contributed by atoms with Crippen molar-refractivity contribution in [2.24, 2.45) is 5.73 Å². The van der Waals surface area contributed by atoms with Gasteiger partial charge in [-0.3, -0.25) is 14.9 Å². The molecule has 1 aromatic rings. The highest BCUT2D eigenvalue weighted by molar-refractivity contribution is 5.80. The lowest BCUT2D eigenvalue weighted by molar-refractivity contribution is -0.384. The molecule has 1 atom stereocenters. The number of nitro groups is 1. The average Bonchev–Trinajstić information content (AvgIpc) is 2.28. The van der Waals surface area contributed by atoms with E-state index in [2.05, 4.69) is 5.32 Å². The van der Waals surface area contributed by atoms with Crippen molar-refractivity contribution in [2.75, 3.05) is 0 Å². The SMILES string of the molecule is NC1=CC(c2cccc([N+](=O)[O-])c2)CC(=O)N1. The number of hydrogen-bond acceptors (Lipinski definition) is 4. The first kappa shape index (κ1) is 11.1. The molecule has 1 amide bonds. The fraction of sp³-hybridized carbons (Fsp3) is 0.182. The molecule has 17 heavy (non-hydrogen) atoms. The second-order valence-electron chi connectivity index (χ2n) is 3.83. The molecule has 3 N–H and O–H groups in total. The minimum atomic E-state index is -0.459. The number of amides is 1. The highest BCUT2D eigenvalue weighted by Crippen LogP contribution is 2.27. The summed E-state index contributed by atoms with van der Waals surface area (Å²) in [6.07, 6.45) is 1.95. The average molecular weight is 233 g/mol. The summed E-state index contributed by atoms with van der Waals surface area (Å²) < 4.78 is 0. The predicted octanol–water partition coefficient (Wildman–Crippen LogP) is 0.998. The fourth-order valence-electron chi connectivity index (χ4n) is 1.81. The van der Waals surface area contributed by atoms with Crippen LogP contribution in [0.1, 0.15) is 17.9 Å². The summed E-state index contributed by atoms with van der Waals surface area (Å²) in [6, 6.07) is 6.23. The van der Waals surface area contributed by atoms with Crippen molar-refractivity contribution < 1.29 is 9.72 Å². The molecule has 1 aliphatic heterocycles. The standard InChI is InChI=1S/C11H11N3O3/c12-10-5-8(6-11(15)13-10)7-2-1-3-9(4-7)14(16)17/h1-5,8H,6,12H2,(H,13,15). The van der Waals surface area contributed by atoms with E-state index >= 15 is 0 Å². The van der Waals surface area contributed by atoms with Gasteiger partial charge < -0.3 is 11.1 Å². The molecule has 0 aromatic heterocycles. The number of nitrogens with zero attached hydrogens (tertiary/aromatic N) is 1. The Bertz CT molecular complexity index is 510. The van der Waals surface area contributed by atoms with Crippen LogP contribution >= 0.6 is 0 Å². The molecular weight excluding hydrogens is 222 g/mol. The summed E-state index contributed by atoms with van der Waals surface area (Å²) in [6.45, 7) is 0. The number of non-ortho nitro benzene ring substituents is 1. The Balaban J connectivity index is 2.34. The lowest BCUT2D eigenvalue weighted by atomic mass is 9.93. The number of rotatable bonds is 2. The van der Waals surface area contributed by atoms with E-state index in [1.165, 1.54) is 12.1 Å². The topological polar surface area (TPSA) is 98.3 Å². The first-order valence-electron chi connectivity index (χ1n) is 5.08. The van der Waals surface area contributed by atoms with Gasteiger partial charge in [0.15, 0.2) is 0 Å². The van der Waals surface area contributed by atoms with Gasteiger partial charge in [-0.05, 0) is 11.6 Å². The maximum Gasteiger partial charge on any atom is 0.269 e. The Kier molecular flexibility index (Phi) is 2.78. The second-order valence-corrected chi connectivity index (χ2v) is 3.83. The van der Waals surface area contributed by atoms with Gasteiger partial charge in [-0.15, -0.1) is 0 Å². The third-order valence-corrected chi connectivity index (χ3v) is 2.58. The Morgan fingerprint density at radius 3 is 2.88 bits per heavy atom. The quantitative estimate of drug-likeness (QED) is 0.588. The van der Waals surface area contributed by atoms with Crippen LogP contribution in [0.2, 0.25) is 0 Å². The summed E-state index contributed by atoms with van der Waals surface area (Å²) in [4.78, 5) is 21.5. The highest BCUT2D eigenvalue weighted by Gasteiger charge is 2.21. The predicted molar refractivity (Wildman–Crippen MR) is 60.9 cm³/mol. The van der Waals surface area contributed by atoms with Gasteiger partial charge in [-0.25, -0.2) is 0 Å². The van der Waals surface area contributed by atoms with E-state index < -0.39 is 4.92 Å². The molecule has 6 heteroatoms. The molecule has 0 bridgehead atoms. The number of carbonyl (C=O) groups is 1. The molecular formula is C11H11N3O3. The summed E-state index contributed by atoms with van der Waals surface area (Å²) in [5.41, 5.74) is 6.28. The van der Waals surface area contributed by atoms with Gasteiger partial charge in [0.25, 0.3) is 5.69 Å². The van der Waals surface area contributed by atoms with E-state index in [9.17, 15) is 14.9 Å². The van der Waals surface area contributed by atoms with Gasteiger partial charge in [-0.2, -0.15) is 0 Å². The van der Waals surface area contributed by atoms with Gasteiger partial charge in [-0.1, -0.05) is 12.1 Å². The number of nitro benzene ring substituents is 1. The monoisotopic (exact) mass is 233 g/mol. The first-order valence-corrected chi connectivity index (χ1v) is 5.08. The number of benzene rings is 1. The zero-order chi connectivity index (χ0) is 12.4. The Labute approximate surface area is 97.3 Å². The molecule has 0 spiro atoms. The summed E-state index contributed by atoms with van der Waals surface area (Å²) in [5.74, 6) is -0.0945. The summed E-state index contributed by atoms with van der Waals surface area (Å²) in [7, 11) is 0. The number of carbonyl (C=O) groups excluding carboxylic acids is 1. The zero-order valence-corrected chi connectivity index (χ0v) is 8.92. The smallest absolute Gasteiger partial charge is 0.269 e. The first-order chi connectivity index (χ1) is 8.06. The maximum atomic E-state index is 11.3. The van der Waals surface area contributed by atoms with Crippen molar-refractivity contribution in [2.45, 2.75) is 12.3 Å². The largest absolute Gasteiger partial charge is 0.385 e. The van der Waals surface area contributed by atoms with E-state index in [1.807, 2.05) is 0 Å². The highest BCUT2D eigenvalue weighted by atomic mass is 16.6. The van der Waals surface area contributed by atoms with E-state index in [4.69, 9.17) is 5.73 Å². The maximum absolute atomic E-state index is 11.3. The third-order valence-electron chi connectivity index (χ3n) is 2.58. The Morgan fingerprint density at radius 2 is 2.24 bits per heavy atom. The molecule has 0 aliphatic carbocycles. The molecule has 1 aromatic carbocycles. The normalized spacial score (nSPS) is 19.4. The molecule has 1 aliphatic rings. The van der Waals surface area contributed by atoms with Crippen molar-refractivity contribution in [1.82, 2.24) is 5.32 Å². The van der Waals surface area contributed by atoms with E-state index in [0.29, 0.717) is 0 Å². The molecule has 0 fully saturated rings. The minimum absolute atomic E-state index is 0.0143. The van der Waals surface area contributed by atoms with Crippen molar-refractivity contribution in [1.29, 1.82) is 0 Å². The van der Waals surface area contributed by atoms with Crippen molar-refractivity contribution in [3.05, 3.63) is 51.8 Å². The molecule has 88 valence electrons. The number of allylic oxidation sites excluding steroid dienone is 1. The molecule has 2 rings (SSSR count). The minimum Gasteiger partial charge on any atom is -0.385 e. The van der Waals surface area contributed by atoms with E-state index in [1.54, 1.807) is 18.2 Å². The van der Waals surface area contributed by atoms with Gasteiger partial charge in [0.05, 0.1) is 10.7 Å². The van der Waals surface area contributed by atoms with Gasteiger partial charge in [0, 0.05) is 24.5 Å². The summed E-state index contributed by atoms with van der Waals surface area (Å²) in [5, 5.41) is 13.1. The van der Waals surface area contributed by atoms with Crippen LogP contribution in [0, 0.1) is 10.1 Å². The van der Waals surface area contributed by atoms with Crippen LogP contribution in [-0.4, -0.2) is 10.8 Å². The Hall–Kier alpha value is -2.37. The van der Waals surface area contributed by atoms with Crippen LogP contribution in [0.25, 0.3) is 0 Å². The molecule has 0 radical (unpaired) electrons. The summed E-state index contributed by atoms with van der Waals surface area (Å²) >= 11 is 0. The molecule has 6 nitrogen and oxygen atoms in total.